The Kier molecular flexibility index (Phi) is 5.21. The number of amides is 1. The third-order valence-corrected chi connectivity index (χ3v) is 3.46. The summed E-state index contributed by atoms with van der Waals surface area (Å²) in [5.41, 5.74) is 1.74. The normalized spacial score (nSPS) is 18.9. The van der Waals surface area contributed by atoms with Crippen LogP contribution in [0.4, 0.5) is 5.69 Å². The van der Waals surface area contributed by atoms with Crippen LogP contribution in [0.5, 0.6) is 0 Å². The molecule has 0 radical (unpaired) electrons. The van der Waals surface area contributed by atoms with E-state index in [4.69, 9.17) is 0 Å². The zero-order valence-corrected chi connectivity index (χ0v) is 11.5. The summed E-state index contributed by atoms with van der Waals surface area (Å²) in [5.74, 6) is 0.673. The molecule has 0 bridgehead atoms. The second kappa shape index (κ2) is 7.14. The van der Waals surface area contributed by atoms with Gasteiger partial charge in [-0.2, -0.15) is 0 Å². The minimum Gasteiger partial charge on any atom is -0.385 e. The van der Waals surface area contributed by atoms with Crippen LogP contribution in [-0.2, 0) is 0 Å². The lowest BCUT2D eigenvalue weighted by molar-refractivity contribution is 0.0956. The maximum Gasteiger partial charge on any atom is 0.251 e. The van der Waals surface area contributed by atoms with Gasteiger partial charge in [-0.05, 0) is 57.0 Å². The molecule has 0 aromatic heterocycles. The highest BCUT2D eigenvalue weighted by atomic mass is 16.1. The number of nitrogens with one attached hydrogen (secondary N) is 3. The molecule has 19 heavy (non-hydrogen) atoms. The SMILES string of the molecule is CCNC(=O)c1cccc(NCC2CCCNC2)c1. The third-order valence-electron chi connectivity index (χ3n) is 3.46. The molecule has 1 unspecified atom stereocenters. The minimum absolute atomic E-state index is 0.00881. The maximum absolute atomic E-state index is 11.8. The highest BCUT2D eigenvalue weighted by Crippen LogP contribution is 2.14. The Labute approximate surface area is 115 Å². The Bertz CT molecular complexity index is 414. The second-order valence-electron chi connectivity index (χ2n) is 5.03. The van der Waals surface area contributed by atoms with Crippen molar-refractivity contribution in [1.82, 2.24) is 10.6 Å². The van der Waals surface area contributed by atoms with Gasteiger partial charge in [0.1, 0.15) is 0 Å². The lowest BCUT2D eigenvalue weighted by atomic mass is 9.99. The van der Waals surface area contributed by atoms with Crippen LogP contribution in [-0.4, -0.2) is 32.1 Å². The molecule has 1 fully saturated rings. The van der Waals surface area contributed by atoms with Crippen LogP contribution in [0.15, 0.2) is 24.3 Å². The first-order chi connectivity index (χ1) is 9.29. The Morgan fingerprint density at radius 2 is 2.37 bits per heavy atom. The fraction of sp³-hybridized carbons (Fsp3) is 0.533. The van der Waals surface area contributed by atoms with E-state index in [1.807, 2.05) is 31.2 Å². The van der Waals surface area contributed by atoms with Crippen LogP contribution in [0.3, 0.4) is 0 Å². The van der Waals surface area contributed by atoms with Gasteiger partial charge in [0.15, 0.2) is 0 Å². The molecule has 4 heteroatoms. The average Bonchev–Trinajstić information content (AvgIpc) is 2.47. The summed E-state index contributed by atoms with van der Waals surface area (Å²) in [6, 6.07) is 7.70. The molecule has 1 aromatic carbocycles. The van der Waals surface area contributed by atoms with Crippen LogP contribution in [0, 0.1) is 5.92 Å². The molecule has 1 atom stereocenters. The van der Waals surface area contributed by atoms with Crippen molar-refractivity contribution < 1.29 is 4.79 Å². The number of anilines is 1. The Morgan fingerprint density at radius 3 is 3.11 bits per heavy atom. The van der Waals surface area contributed by atoms with Gasteiger partial charge in [0.2, 0.25) is 0 Å². The summed E-state index contributed by atoms with van der Waals surface area (Å²) in [6.07, 6.45) is 2.53. The number of hydrogen-bond donors (Lipinski definition) is 3. The minimum atomic E-state index is -0.00881. The van der Waals surface area contributed by atoms with Crippen LogP contribution >= 0.6 is 0 Å². The predicted molar refractivity (Wildman–Crippen MR) is 78.5 cm³/mol. The molecule has 4 nitrogen and oxygen atoms in total. The van der Waals surface area contributed by atoms with Gasteiger partial charge in [0.05, 0.1) is 0 Å². The van der Waals surface area contributed by atoms with Gasteiger partial charge in [0, 0.05) is 24.3 Å². The van der Waals surface area contributed by atoms with E-state index in [2.05, 4.69) is 16.0 Å². The first-order valence-corrected chi connectivity index (χ1v) is 7.12. The monoisotopic (exact) mass is 261 g/mol. The van der Waals surface area contributed by atoms with Gasteiger partial charge >= 0.3 is 0 Å². The number of hydrogen-bond acceptors (Lipinski definition) is 3. The topological polar surface area (TPSA) is 53.2 Å². The van der Waals surface area contributed by atoms with E-state index in [1.54, 1.807) is 0 Å². The van der Waals surface area contributed by atoms with Crippen LogP contribution in [0.2, 0.25) is 0 Å². The zero-order chi connectivity index (χ0) is 13.5. The lowest BCUT2D eigenvalue weighted by Gasteiger charge is -2.23. The Morgan fingerprint density at radius 1 is 1.47 bits per heavy atom. The molecule has 1 aliphatic rings. The molecule has 1 saturated heterocycles. The number of rotatable bonds is 5. The molecule has 2 rings (SSSR count). The van der Waals surface area contributed by atoms with Crippen molar-refractivity contribution in [2.75, 3.05) is 31.5 Å². The summed E-state index contributed by atoms with van der Waals surface area (Å²) in [7, 11) is 0. The zero-order valence-electron chi connectivity index (χ0n) is 11.5. The lowest BCUT2D eigenvalue weighted by Crippen LogP contribution is -2.33. The van der Waals surface area contributed by atoms with Crippen LogP contribution in [0.25, 0.3) is 0 Å². The molecule has 0 spiro atoms. The molecular weight excluding hydrogens is 238 g/mol. The van der Waals surface area contributed by atoms with E-state index >= 15 is 0 Å². The van der Waals surface area contributed by atoms with Crippen molar-refractivity contribution in [3.05, 3.63) is 29.8 Å². The van der Waals surface area contributed by atoms with Gasteiger partial charge in [-0.1, -0.05) is 6.07 Å². The van der Waals surface area contributed by atoms with E-state index in [9.17, 15) is 4.79 Å². The molecule has 104 valence electrons. The number of benzene rings is 1. The number of carbonyl (C=O) groups is 1. The van der Waals surface area contributed by atoms with E-state index in [1.165, 1.54) is 12.8 Å². The number of carbonyl (C=O) groups excluding carboxylic acids is 1. The quantitative estimate of drug-likeness (QED) is 0.758. The van der Waals surface area contributed by atoms with Crippen molar-refractivity contribution in [2.24, 2.45) is 5.92 Å². The Hall–Kier alpha value is -1.55. The molecule has 3 N–H and O–H groups in total. The standard InChI is InChI=1S/C15H23N3O/c1-2-17-15(19)13-6-3-7-14(9-13)18-11-12-5-4-8-16-10-12/h3,6-7,9,12,16,18H,2,4-5,8,10-11H2,1H3,(H,17,19). The van der Waals surface area contributed by atoms with Crippen molar-refractivity contribution in [1.29, 1.82) is 0 Å². The largest absolute Gasteiger partial charge is 0.385 e. The van der Waals surface area contributed by atoms with E-state index in [-0.39, 0.29) is 5.91 Å². The Balaban J connectivity index is 1.89. The van der Waals surface area contributed by atoms with Gasteiger partial charge in [-0.15, -0.1) is 0 Å². The molecule has 0 saturated carbocycles. The first kappa shape index (κ1) is 13.9. The maximum atomic E-state index is 11.8. The van der Waals surface area contributed by atoms with Crippen molar-refractivity contribution in [2.45, 2.75) is 19.8 Å². The summed E-state index contributed by atoms with van der Waals surface area (Å²) in [4.78, 5) is 11.8. The van der Waals surface area contributed by atoms with Gasteiger partial charge in [-0.3, -0.25) is 4.79 Å². The fourth-order valence-corrected chi connectivity index (χ4v) is 2.39. The summed E-state index contributed by atoms with van der Waals surface area (Å²) in [5, 5.41) is 9.66. The van der Waals surface area contributed by atoms with Gasteiger partial charge < -0.3 is 16.0 Å². The molecule has 0 aliphatic carbocycles. The highest BCUT2D eigenvalue weighted by Gasteiger charge is 2.12. The molecular formula is C15H23N3O. The van der Waals surface area contributed by atoms with Crippen molar-refractivity contribution >= 4 is 11.6 Å². The molecule has 1 aromatic rings. The van der Waals surface area contributed by atoms with Gasteiger partial charge in [0.25, 0.3) is 5.91 Å². The van der Waals surface area contributed by atoms with Gasteiger partial charge in [-0.25, -0.2) is 0 Å². The summed E-state index contributed by atoms with van der Waals surface area (Å²) >= 11 is 0. The predicted octanol–water partition coefficient (Wildman–Crippen LogP) is 1.85. The average molecular weight is 261 g/mol. The van der Waals surface area contributed by atoms with E-state index in [0.717, 1.165) is 25.3 Å². The van der Waals surface area contributed by atoms with Crippen LogP contribution < -0.4 is 16.0 Å². The smallest absolute Gasteiger partial charge is 0.251 e. The van der Waals surface area contributed by atoms with Crippen molar-refractivity contribution in [3.63, 3.8) is 0 Å². The highest BCUT2D eigenvalue weighted by molar-refractivity contribution is 5.95. The third kappa shape index (κ3) is 4.24. The van der Waals surface area contributed by atoms with E-state index < -0.39 is 0 Å². The summed E-state index contributed by atoms with van der Waals surface area (Å²) in [6.45, 7) is 5.78. The molecule has 1 aliphatic heterocycles. The summed E-state index contributed by atoms with van der Waals surface area (Å²) < 4.78 is 0. The second-order valence-corrected chi connectivity index (χ2v) is 5.03. The fourth-order valence-electron chi connectivity index (χ4n) is 2.39. The molecule has 1 heterocycles. The van der Waals surface area contributed by atoms with Crippen LogP contribution in [0.1, 0.15) is 30.1 Å². The van der Waals surface area contributed by atoms with E-state index in [0.29, 0.717) is 18.0 Å². The molecule has 1 amide bonds. The number of piperidine rings is 1. The van der Waals surface area contributed by atoms with Crippen molar-refractivity contribution in [3.8, 4) is 0 Å². The first-order valence-electron chi connectivity index (χ1n) is 7.12.